The number of fused-ring (bicyclic) bond motifs is 6. The molecule has 1 saturated heterocycles. The zero-order valence-corrected chi connectivity index (χ0v) is 76.0. The molecule has 14 aromatic rings. The number of anilines is 1. The Morgan fingerprint density at radius 1 is 0.537 bits per heavy atom. The summed E-state index contributed by atoms with van der Waals surface area (Å²) in [6.07, 6.45) is 10.5. The van der Waals surface area contributed by atoms with Crippen molar-refractivity contribution in [2.45, 2.75) is 199 Å². The predicted molar refractivity (Wildman–Crippen MR) is 484 cm³/mol. The van der Waals surface area contributed by atoms with E-state index in [2.05, 4.69) is 110 Å². The second-order valence-corrected chi connectivity index (χ2v) is 35.8. The molecule has 12 heterocycles. The molecule has 1 amide bonds. The summed E-state index contributed by atoms with van der Waals surface area (Å²) >= 11 is 9.74. The molecule has 6 aromatic carbocycles. The van der Waals surface area contributed by atoms with Gasteiger partial charge in [0, 0.05) is 143 Å². The zero-order chi connectivity index (χ0) is 87.6. The van der Waals surface area contributed by atoms with Crippen molar-refractivity contribution in [3.8, 4) is 39.6 Å². The molecule has 0 bridgehead atoms. The zero-order valence-electron chi connectivity index (χ0n) is 72.8. The van der Waals surface area contributed by atoms with Crippen LogP contribution in [0.1, 0.15) is 177 Å². The van der Waals surface area contributed by atoms with Gasteiger partial charge in [0.05, 0.1) is 73.8 Å². The van der Waals surface area contributed by atoms with E-state index in [9.17, 15) is 18.0 Å². The van der Waals surface area contributed by atoms with E-state index in [1.807, 2.05) is 166 Å². The van der Waals surface area contributed by atoms with Crippen molar-refractivity contribution in [2.75, 3.05) is 24.5 Å². The Morgan fingerprint density at radius 2 is 0.984 bits per heavy atom. The number of hydrogen-bond acceptors (Lipinski definition) is 11. The Hall–Kier alpha value is -10.5. The number of para-hydroxylation sites is 3. The molecule has 4 aliphatic heterocycles. The van der Waals surface area contributed by atoms with E-state index in [-0.39, 0.29) is 47.8 Å². The van der Waals surface area contributed by atoms with E-state index in [1.165, 1.54) is 29.5 Å². The lowest BCUT2D eigenvalue weighted by atomic mass is 9.76. The molecule has 0 spiro atoms. The number of carbonyl (C=O) groups excluding carboxylic acids is 1. The Labute approximate surface area is 733 Å². The van der Waals surface area contributed by atoms with E-state index in [0.29, 0.717) is 88.7 Å². The number of ether oxygens (including phenoxy) is 1. The van der Waals surface area contributed by atoms with Crippen molar-refractivity contribution < 1.29 is 45.2 Å². The number of carbonyl (C=O) groups is 1. The Bertz CT molecular complexity index is 6260. The van der Waals surface area contributed by atoms with E-state index < -0.39 is 41.5 Å². The third-order valence-electron chi connectivity index (χ3n) is 23.5. The molecule has 123 heavy (non-hydrogen) atoms. The Morgan fingerprint density at radius 3 is 1.48 bits per heavy atom. The first-order chi connectivity index (χ1) is 57.8. The number of H-pyrrole nitrogens is 3. The number of aromatic amines is 3. The largest absolute Gasteiger partial charge is 0.498 e. The average molecular weight is 1780 g/mol. The molecule has 28 heteroatoms. The van der Waals surface area contributed by atoms with E-state index in [0.717, 1.165) is 141 Å². The van der Waals surface area contributed by atoms with Gasteiger partial charge in [0.15, 0.2) is 17.5 Å². The number of halogens is 9. The van der Waals surface area contributed by atoms with E-state index in [1.54, 1.807) is 41.6 Å². The first kappa shape index (κ1) is 90.3. The molecular formula is C95H104BBrCl2F6N14O4. The molecule has 0 unspecified atom stereocenters. The summed E-state index contributed by atoms with van der Waals surface area (Å²) in [6.45, 7) is 41.2. The van der Waals surface area contributed by atoms with Gasteiger partial charge in [-0.15, -0.1) is 12.4 Å². The number of pyridine rings is 2. The van der Waals surface area contributed by atoms with Crippen molar-refractivity contribution in [1.82, 2.24) is 64.5 Å². The van der Waals surface area contributed by atoms with Gasteiger partial charge < -0.3 is 44.1 Å². The quantitative estimate of drug-likeness (QED) is 0.0611. The maximum absolute atomic E-state index is 16.0. The maximum Gasteiger partial charge on any atom is 0.498 e. The van der Waals surface area contributed by atoms with Crippen molar-refractivity contribution in [2.24, 2.45) is 0 Å². The van der Waals surface area contributed by atoms with Gasteiger partial charge in [0.2, 0.25) is 5.95 Å². The third-order valence-corrected chi connectivity index (χ3v) is 24.7. The highest BCUT2D eigenvalue weighted by molar-refractivity contribution is 9.10. The SMILES string of the molecule is CC(C)c1cnc(F)c(F)c1.CC1(C)OB(c2c(F)cc(Cl)c3[nH]ccc23)OC1(C)C.Cc1cccc(C)c1-n1nc2c(c1-c1c(F)cc(C)c3[nH]ccc13)CN(c1ncc(C(C)C)cc1F)CC2.Cc1cccc(C)c1-n1nc2c(c1-c1c(F)cc(C)c3[nH]ccc13)CNCC2.Cc1cccc(C)c1-n1nc2c(c1Br)CN(C(=O)OC(C)(C)C)CC2.Cl. The number of nitrogens with zero attached hydrogens (tertiary/aromatic N) is 10. The Kier molecular flexibility index (Phi) is 26.4. The van der Waals surface area contributed by atoms with Crippen LogP contribution in [0.15, 0.2) is 139 Å². The Balaban J connectivity index is 0.000000138. The summed E-state index contributed by atoms with van der Waals surface area (Å²) < 4.78 is 110. The van der Waals surface area contributed by atoms with Gasteiger partial charge in [-0.3, -0.25) is 0 Å². The van der Waals surface area contributed by atoms with Crippen molar-refractivity contribution in [3.63, 3.8) is 0 Å². The molecule has 0 saturated carbocycles. The minimum Gasteiger partial charge on any atom is -0.444 e. The molecule has 0 radical (unpaired) electrons. The average Bonchev–Trinajstić information content (AvgIpc) is 1.59. The number of hydrogen-bond donors (Lipinski definition) is 4. The fraction of sp³-hybridized carbons (Fsp3) is 0.347. The molecule has 4 aliphatic rings. The van der Waals surface area contributed by atoms with Crippen LogP contribution in [0, 0.1) is 90.4 Å². The molecule has 4 N–H and O–H groups in total. The smallest absolute Gasteiger partial charge is 0.444 e. The highest BCUT2D eigenvalue weighted by Crippen LogP contribution is 2.45. The van der Waals surface area contributed by atoms with Crippen molar-refractivity contribution in [1.29, 1.82) is 0 Å². The minimum atomic E-state index is -1.03. The standard InChI is InChI=1S/C31H31F2N5.C23H23FN4.C19H24BrN3O2.C14H16BClFNO2.C8H9F2N.ClH/c1-17(2)21-14-25(33)31(35-15-21)37-12-10-26-23(16-37)30(38(36-26)29-18(3)7-6-8-19(29)4)27-22-9-11-34-28(22)20(5)13-24(27)32;1-13-5-4-6-14(2)22(13)28-23(17-12-25-9-8-19(17)27-28)20-16-7-10-26-21(16)15(3)11-18(20)24;1-12-7-6-8-13(2)16(12)23-17(20)14-11-22(10-9-15(14)21-23)18(24)25-19(3,4)5;1-13(2)14(3,4)20-15(19-13)11-8-5-6-18-12(8)9(16)7-10(11)17;1-5(2)6-3-7(9)8(10)11-4-6;/h6-9,11,13-15,17,34H,10,12,16H2,1-5H3;4-7,10-11,25-26H,8-9,12H2,1-3H3;6-8H,9-11H2,1-5H3;5-7,18H,1-4H3;3-5H,1-2H3;1H. The van der Waals surface area contributed by atoms with Crippen LogP contribution >= 0.6 is 39.9 Å². The van der Waals surface area contributed by atoms with Gasteiger partial charge in [0.25, 0.3) is 0 Å². The van der Waals surface area contributed by atoms with Gasteiger partial charge in [-0.2, -0.15) is 19.7 Å². The summed E-state index contributed by atoms with van der Waals surface area (Å²) in [7, 11) is -0.740. The van der Waals surface area contributed by atoms with Crippen LogP contribution in [-0.4, -0.2) is 109 Å². The lowest BCUT2D eigenvalue weighted by Gasteiger charge is -2.32. The lowest BCUT2D eigenvalue weighted by Crippen LogP contribution is -2.41. The second kappa shape index (κ2) is 36.0. The van der Waals surface area contributed by atoms with E-state index in [4.69, 9.17) is 40.9 Å². The first-order valence-corrected chi connectivity index (χ1v) is 42.4. The second-order valence-electron chi connectivity index (χ2n) is 34.6. The first-order valence-electron chi connectivity index (χ1n) is 41.2. The molecule has 1 fully saturated rings. The van der Waals surface area contributed by atoms with Crippen molar-refractivity contribution >= 4 is 97.1 Å². The topological polar surface area (TPSA) is 190 Å². The van der Waals surface area contributed by atoms with Crippen molar-refractivity contribution in [3.05, 3.63) is 268 Å². The molecule has 644 valence electrons. The summed E-state index contributed by atoms with van der Waals surface area (Å²) in [5.41, 5.74) is 23.3. The number of amides is 1. The number of aromatic nitrogens is 11. The molecule has 18 rings (SSSR count). The summed E-state index contributed by atoms with van der Waals surface area (Å²) in [5, 5.41) is 21.0. The van der Waals surface area contributed by atoms with Crippen LogP contribution in [0.2, 0.25) is 5.02 Å². The summed E-state index contributed by atoms with van der Waals surface area (Å²) in [5.74, 6) is -2.48. The normalized spacial score (nSPS) is 14.6. The monoisotopic (exact) mass is 1780 g/mol. The molecular weight excluding hydrogens is 1680 g/mol. The van der Waals surface area contributed by atoms with Gasteiger partial charge >= 0.3 is 13.2 Å². The number of nitrogens with one attached hydrogen (secondary N) is 4. The van der Waals surface area contributed by atoms with Crippen LogP contribution in [0.25, 0.3) is 72.3 Å². The highest BCUT2D eigenvalue weighted by atomic mass is 79.9. The number of rotatable bonds is 9. The van der Waals surface area contributed by atoms with Crippen LogP contribution in [-0.2, 0) is 52.9 Å². The van der Waals surface area contributed by atoms with Crippen LogP contribution < -0.4 is 15.7 Å². The van der Waals surface area contributed by atoms with Gasteiger partial charge in [-0.25, -0.2) is 50.8 Å². The molecule has 0 atom stereocenters. The van der Waals surface area contributed by atoms with Gasteiger partial charge in [0.1, 0.15) is 27.7 Å². The fourth-order valence-electron chi connectivity index (χ4n) is 16.4. The van der Waals surface area contributed by atoms with E-state index >= 15 is 13.2 Å². The molecule has 8 aromatic heterocycles. The number of benzene rings is 6. The van der Waals surface area contributed by atoms with Crippen LogP contribution in [0.5, 0.6) is 0 Å². The summed E-state index contributed by atoms with van der Waals surface area (Å²) in [6, 6.07) is 31.5. The highest BCUT2D eigenvalue weighted by Gasteiger charge is 2.53. The molecule has 18 nitrogen and oxygen atoms in total. The maximum atomic E-state index is 16.0. The predicted octanol–water partition coefficient (Wildman–Crippen LogP) is 22.7. The lowest BCUT2D eigenvalue weighted by molar-refractivity contribution is 0.00578. The summed E-state index contributed by atoms with van der Waals surface area (Å²) in [4.78, 5) is 33.4. The van der Waals surface area contributed by atoms with Gasteiger partial charge in [-0.1, -0.05) is 93.9 Å². The third kappa shape index (κ3) is 18.0. The number of aryl methyl sites for hydroxylation is 8. The minimum absolute atomic E-state index is 0. The van der Waals surface area contributed by atoms with Gasteiger partial charge in [-0.05, 0) is 236 Å². The van der Waals surface area contributed by atoms with Crippen LogP contribution in [0.3, 0.4) is 0 Å². The fourth-order valence-corrected chi connectivity index (χ4v) is 17.3. The molecule has 0 aliphatic carbocycles. The van der Waals surface area contributed by atoms with Crippen LogP contribution in [0.4, 0.5) is 37.0 Å².